The molecule has 1 aliphatic carbocycles. The average molecular weight is 181 g/mol. The van der Waals surface area contributed by atoms with Gasteiger partial charge in [-0.15, -0.1) is 0 Å². The minimum atomic E-state index is -0.591. The van der Waals surface area contributed by atoms with E-state index in [-0.39, 0.29) is 0 Å². The van der Waals surface area contributed by atoms with Crippen LogP contribution in [0.3, 0.4) is 0 Å². The van der Waals surface area contributed by atoms with Gasteiger partial charge in [0.15, 0.2) is 0 Å². The van der Waals surface area contributed by atoms with Crippen molar-refractivity contribution in [2.24, 2.45) is 11.7 Å². The van der Waals surface area contributed by atoms with Gasteiger partial charge in [0.1, 0.15) is 5.54 Å². The Balaban J connectivity index is 2.52. The lowest BCUT2D eigenvalue weighted by Crippen LogP contribution is -2.51. The van der Waals surface area contributed by atoms with Crippen LogP contribution in [-0.4, -0.2) is 30.1 Å². The molecule has 1 aliphatic rings. The molecular formula is C10H19N3. The Morgan fingerprint density at radius 1 is 1.46 bits per heavy atom. The number of rotatable bonds is 5. The first-order valence-corrected chi connectivity index (χ1v) is 5.08. The highest BCUT2D eigenvalue weighted by Crippen LogP contribution is 2.38. The summed E-state index contributed by atoms with van der Waals surface area (Å²) in [6.45, 7) is 6.89. The molecule has 0 radical (unpaired) electrons. The van der Waals surface area contributed by atoms with Crippen molar-refractivity contribution in [1.29, 1.82) is 5.26 Å². The Kier molecular flexibility index (Phi) is 3.29. The van der Waals surface area contributed by atoms with Crippen molar-refractivity contribution in [3.05, 3.63) is 0 Å². The van der Waals surface area contributed by atoms with Crippen molar-refractivity contribution in [3.8, 4) is 6.07 Å². The minimum absolute atomic E-state index is 0.443. The standard InChI is InChI=1S/C10H19N3/c1-3-13(4-2)8-10(12,7-11)9-5-6-9/h9H,3-6,8,12H2,1-2H3. The van der Waals surface area contributed by atoms with Gasteiger partial charge >= 0.3 is 0 Å². The predicted octanol–water partition coefficient (Wildman–Crippen LogP) is 0.959. The molecule has 0 spiro atoms. The minimum Gasteiger partial charge on any atom is -0.312 e. The van der Waals surface area contributed by atoms with Crippen LogP contribution in [0.5, 0.6) is 0 Å². The lowest BCUT2D eigenvalue weighted by molar-refractivity contribution is 0.241. The van der Waals surface area contributed by atoms with Gasteiger partial charge in [-0.25, -0.2) is 0 Å². The normalized spacial score (nSPS) is 21.2. The third-order valence-electron chi connectivity index (χ3n) is 2.89. The maximum atomic E-state index is 9.03. The molecule has 1 saturated carbocycles. The maximum Gasteiger partial charge on any atom is 0.119 e. The van der Waals surface area contributed by atoms with Crippen LogP contribution in [0.2, 0.25) is 0 Å². The van der Waals surface area contributed by atoms with Gasteiger partial charge in [-0.2, -0.15) is 5.26 Å². The van der Waals surface area contributed by atoms with Crippen LogP contribution in [0.15, 0.2) is 0 Å². The fourth-order valence-corrected chi connectivity index (χ4v) is 1.67. The van der Waals surface area contributed by atoms with E-state index in [0.717, 1.165) is 32.5 Å². The zero-order valence-corrected chi connectivity index (χ0v) is 8.58. The molecule has 1 unspecified atom stereocenters. The number of hydrogen-bond donors (Lipinski definition) is 1. The van der Waals surface area contributed by atoms with Crippen molar-refractivity contribution in [2.75, 3.05) is 19.6 Å². The van der Waals surface area contributed by atoms with Gasteiger partial charge in [0.05, 0.1) is 6.07 Å². The van der Waals surface area contributed by atoms with Gasteiger partial charge in [-0.1, -0.05) is 13.8 Å². The van der Waals surface area contributed by atoms with Gasteiger partial charge in [-0.05, 0) is 31.8 Å². The van der Waals surface area contributed by atoms with Crippen LogP contribution >= 0.6 is 0 Å². The van der Waals surface area contributed by atoms with E-state index in [1.807, 2.05) is 0 Å². The molecule has 1 rings (SSSR count). The van der Waals surface area contributed by atoms with Crippen molar-refractivity contribution in [3.63, 3.8) is 0 Å². The summed E-state index contributed by atoms with van der Waals surface area (Å²) in [6, 6.07) is 2.28. The van der Waals surface area contributed by atoms with Gasteiger partial charge in [0.2, 0.25) is 0 Å². The van der Waals surface area contributed by atoms with Crippen molar-refractivity contribution >= 4 is 0 Å². The highest BCUT2D eigenvalue weighted by atomic mass is 15.1. The number of nitriles is 1. The zero-order chi connectivity index (χ0) is 9.90. The topological polar surface area (TPSA) is 53.0 Å². The molecule has 3 nitrogen and oxygen atoms in total. The van der Waals surface area contributed by atoms with Crippen LogP contribution in [0, 0.1) is 17.2 Å². The molecule has 0 heterocycles. The molecule has 0 aromatic heterocycles. The molecule has 0 aromatic rings. The quantitative estimate of drug-likeness (QED) is 0.687. The molecule has 2 N–H and O–H groups in total. The molecule has 1 fully saturated rings. The van der Waals surface area contributed by atoms with Gasteiger partial charge < -0.3 is 10.6 Å². The summed E-state index contributed by atoms with van der Waals surface area (Å²) in [5, 5.41) is 9.03. The summed E-state index contributed by atoms with van der Waals surface area (Å²) in [5.41, 5.74) is 5.46. The summed E-state index contributed by atoms with van der Waals surface area (Å²) in [6.07, 6.45) is 2.26. The number of nitrogens with two attached hydrogens (primary N) is 1. The Morgan fingerprint density at radius 2 is 2.00 bits per heavy atom. The molecule has 3 heteroatoms. The molecular weight excluding hydrogens is 162 g/mol. The van der Waals surface area contributed by atoms with Crippen molar-refractivity contribution in [1.82, 2.24) is 4.90 Å². The third kappa shape index (κ3) is 2.43. The van der Waals surface area contributed by atoms with Gasteiger partial charge in [0, 0.05) is 6.54 Å². The SMILES string of the molecule is CCN(CC)CC(N)(C#N)C1CC1. The van der Waals surface area contributed by atoms with E-state index in [1.54, 1.807) is 0 Å². The average Bonchev–Trinajstić information content (AvgIpc) is 2.97. The molecule has 0 bridgehead atoms. The van der Waals surface area contributed by atoms with Crippen LogP contribution in [0.4, 0.5) is 0 Å². The lowest BCUT2D eigenvalue weighted by Gasteiger charge is -2.28. The van der Waals surface area contributed by atoms with E-state index >= 15 is 0 Å². The third-order valence-corrected chi connectivity index (χ3v) is 2.89. The van der Waals surface area contributed by atoms with E-state index in [0.29, 0.717) is 5.92 Å². The zero-order valence-electron chi connectivity index (χ0n) is 8.58. The summed E-state index contributed by atoms with van der Waals surface area (Å²) < 4.78 is 0. The van der Waals surface area contributed by atoms with E-state index in [4.69, 9.17) is 11.0 Å². The summed E-state index contributed by atoms with van der Waals surface area (Å²) in [4.78, 5) is 2.22. The Labute approximate surface area is 80.5 Å². The molecule has 0 aromatic carbocycles. The largest absolute Gasteiger partial charge is 0.312 e. The lowest BCUT2D eigenvalue weighted by atomic mass is 9.96. The smallest absolute Gasteiger partial charge is 0.119 e. The Bertz CT molecular complexity index is 201. The first-order valence-electron chi connectivity index (χ1n) is 5.08. The van der Waals surface area contributed by atoms with Crippen LogP contribution < -0.4 is 5.73 Å². The fourth-order valence-electron chi connectivity index (χ4n) is 1.67. The molecule has 0 amide bonds. The number of hydrogen-bond acceptors (Lipinski definition) is 3. The van der Waals surface area contributed by atoms with E-state index in [2.05, 4.69) is 24.8 Å². The van der Waals surface area contributed by atoms with Crippen molar-refractivity contribution < 1.29 is 0 Å². The molecule has 74 valence electrons. The summed E-state index contributed by atoms with van der Waals surface area (Å²) in [5.74, 6) is 0.443. The summed E-state index contributed by atoms with van der Waals surface area (Å²) >= 11 is 0. The molecule has 1 atom stereocenters. The van der Waals surface area contributed by atoms with Crippen LogP contribution in [-0.2, 0) is 0 Å². The first-order chi connectivity index (χ1) is 6.16. The molecule has 0 aliphatic heterocycles. The van der Waals surface area contributed by atoms with Gasteiger partial charge in [-0.3, -0.25) is 0 Å². The monoisotopic (exact) mass is 181 g/mol. The van der Waals surface area contributed by atoms with Crippen molar-refractivity contribution in [2.45, 2.75) is 32.2 Å². The Morgan fingerprint density at radius 3 is 2.31 bits per heavy atom. The second-order valence-electron chi connectivity index (χ2n) is 3.89. The van der Waals surface area contributed by atoms with Crippen LogP contribution in [0.1, 0.15) is 26.7 Å². The maximum absolute atomic E-state index is 9.03. The number of likely N-dealkylation sites (N-methyl/N-ethyl adjacent to an activating group) is 1. The first kappa shape index (κ1) is 10.5. The predicted molar refractivity (Wildman–Crippen MR) is 53.0 cm³/mol. The van der Waals surface area contributed by atoms with E-state index < -0.39 is 5.54 Å². The molecule has 13 heavy (non-hydrogen) atoms. The highest BCUT2D eigenvalue weighted by molar-refractivity contribution is 5.14. The van der Waals surface area contributed by atoms with Gasteiger partial charge in [0.25, 0.3) is 0 Å². The van der Waals surface area contributed by atoms with E-state index in [9.17, 15) is 0 Å². The second-order valence-corrected chi connectivity index (χ2v) is 3.89. The summed E-state index contributed by atoms with van der Waals surface area (Å²) in [7, 11) is 0. The molecule has 0 saturated heterocycles. The number of nitrogens with zero attached hydrogens (tertiary/aromatic N) is 2. The second kappa shape index (κ2) is 4.08. The Hall–Kier alpha value is -0.590. The highest BCUT2D eigenvalue weighted by Gasteiger charge is 2.43. The van der Waals surface area contributed by atoms with E-state index in [1.165, 1.54) is 0 Å². The fraction of sp³-hybridized carbons (Fsp3) is 0.900. The van der Waals surface area contributed by atoms with Crippen LogP contribution in [0.25, 0.3) is 0 Å².